The predicted molar refractivity (Wildman–Crippen MR) is 83.4 cm³/mol. The van der Waals surface area contributed by atoms with Gasteiger partial charge >= 0.3 is 0 Å². The number of likely N-dealkylation sites (N-methyl/N-ethyl adjacent to an activating group) is 1. The van der Waals surface area contributed by atoms with Crippen LogP contribution in [0.4, 0.5) is 0 Å². The van der Waals surface area contributed by atoms with Crippen LogP contribution in [0.1, 0.15) is 31.4 Å². The second-order valence-electron chi connectivity index (χ2n) is 5.64. The fourth-order valence-corrected chi connectivity index (χ4v) is 2.41. The van der Waals surface area contributed by atoms with Crippen LogP contribution in [0.5, 0.6) is 0 Å². The van der Waals surface area contributed by atoms with Crippen LogP contribution in [0.3, 0.4) is 0 Å². The maximum absolute atomic E-state index is 12.9. The van der Waals surface area contributed by atoms with Crippen LogP contribution in [0, 0.1) is 6.20 Å². The molecule has 2 amide bonds. The Hall–Kier alpha value is -2.64. The highest BCUT2D eigenvalue weighted by Gasteiger charge is 2.35. The normalized spacial score (nSPS) is 11.4. The summed E-state index contributed by atoms with van der Waals surface area (Å²) in [5.41, 5.74) is 4.32. The first-order chi connectivity index (χ1) is 10.9. The number of hydrogen-bond donors (Lipinski definition) is 1. The zero-order valence-electron chi connectivity index (χ0n) is 13.6. The molecule has 0 aromatic carbocycles. The van der Waals surface area contributed by atoms with Crippen molar-refractivity contribution in [3.63, 3.8) is 0 Å². The van der Waals surface area contributed by atoms with Crippen molar-refractivity contribution in [3.05, 3.63) is 36.7 Å². The predicted octanol–water partition coefficient (Wildman–Crippen LogP) is 0.262. The fraction of sp³-hybridized carbons (Fsp3) is 0.467. The highest BCUT2D eigenvalue weighted by atomic mass is 16.2. The number of carbonyl (C=O) groups is 2. The molecule has 8 nitrogen and oxygen atoms in total. The van der Waals surface area contributed by atoms with Gasteiger partial charge in [-0.05, 0) is 26.8 Å². The largest absolute Gasteiger partial charge is 0.363 e. The lowest BCUT2D eigenvalue weighted by Crippen LogP contribution is -2.48. The molecule has 8 heteroatoms. The molecular weight excluding hydrogens is 296 g/mol. The average Bonchev–Trinajstić information content (AvgIpc) is 3.19. The molecule has 0 aliphatic heterocycles. The number of hydrogen-bond acceptors (Lipinski definition) is 4. The molecule has 0 bridgehead atoms. The first-order valence-corrected chi connectivity index (χ1v) is 7.40. The summed E-state index contributed by atoms with van der Waals surface area (Å²) in [6, 6.07) is 1.84. The van der Waals surface area contributed by atoms with Crippen molar-refractivity contribution in [1.82, 2.24) is 24.2 Å². The number of primary amides is 1. The summed E-state index contributed by atoms with van der Waals surface area (Å²) in [7, 11) is 0. The van der Waals surface area contributed by atoms with Crippen molar-refractivity contribution < 1.29 is 9.59 Å². The third kappa shape index (κ3) is 3.41. The van der Waals surface area contributed by atoms with Gasteiger partial charge in [0.05, 0.1) is 6.54 Å². The minimum Gasteiger partial charge on any atom is -0.363 e. The Morgan fingerprint density at radius 2 is 2.17 bits per heavy atom. The van der Waals surface area contributed by atoms with Gasteiger partial charge in [-0.25, -0.2) is 4.98 Å². The van der Waals surface area contributed by atoms with E-state index < -0.39 is 11.4 Å². The van der Waals surface area contributed by atoms with E-state index in [-0.39, 0.29) is 11.7 Å². The zero-order valence-corrected chi connectivity index (χ0v) is 13.6. The first kappa shape index (κ1) is 16.7. The summed E-state index contributed by atoms with van der Waals surface area (Å²) in [6.07, 6.45) is 7.59. The molecule has 0 aliphatic rings. The number of imidazole rings is 1. The van der Waals surface area contributed by atoms with Crippen LogP contribution in [0.2, 0.25) is 0 Å². The van der Waals surface area contributed by atoms with Gasteiger partial charge in [0.25, 0.3) is 5.91 Å². The summed E-state index contributed by atoms with van der Waals surface area (Å²) >= 11 is 0. The molecule has 2 aromatic rings. The smallest absolute Gasteiger partial charge is 0.284 e. The molecule has 0 atom stereocenters. The number of amides is 2. The van der Waals surface area contributed by atoms with Gasteiger partial charge < -0.3 is 15.2 Å². The third-order valence-corrected chi connectivity index (χ3v) is 3.76. The molecule has 2 aromatic heterocycles. The van der Waals surface area contributed by atoms with E-state index in [1.54, 1.807) is 29.6 Å². The summed E-state index contributed by atoms with van der Waals surface area (Å²) < 4.78 is 3.23. The molecule has 0 saturated heterocycles. The van der Waals surface area contributed by atoms with Gasteiger partial charge in [-0.1, -0.05) is 0 Å². The minimum absolute atomic E-state index is 0.0199. The van der Waals surface area contributed by atoms with Crippen molar-refractivity contribution in [1.29, 1.82) is 0 Å². The van der Waals surface area contributed by atoms with E-state index in [2.05, 4.69) is 16.3 Å². The summed E-state index contributed by atoms with van der Waals surface area (Å²) in [5.74, 6) is -0.792. The Balaban J connectivity index is 2.17. The second kappa shape index (κ2) is 6.64. The number of aromatic nitrogens is 4. The fourth-order valence-electron chi connectivity index (χ4n) is 2.41. The molecular formula is C15H21N6O2. The maximum Gasteiger partial charge on any atom is 0.284 e. The topological polar surface area (TPSA) is 99.0 Å². The molecule has 1 radical (unpaired) electrons. The van der Waals surface area contributed by atoms with E-state index in [0.717, 1.165) is 0 Å². The number of nitrogens with zero attached hydrogens (tertiary/aromatic N) is 5. The quantitative estimate of drug-likeness (QED) is 0.792. The van der Waals surface area contributed by atoms with Crippen LogP contribution >= 0.6 is 0 Å². The molecule has 2 heterocycles. The van der Waals surface area contributed by atoms with Crippen LogP contribution in [-0.4, -0.2) is 49.1 Å². The minimum atomic E-state index is -0.989. The van der Waals surface area contributed by atoms with Crippen molar-refractivity contribution >= 4 is 11.8 Å². The summed E-state index contributed by atoms with van der Waals surface area (Å²) in [6.45, 7) is 7.04. The van der Waals surface area contributed by atoms with Gasteiger partial charge in [0.2, 0.25) is 5.91 Å². The van der Waals surface area contributed by atoms with Crippen molar-refractivity contribution in [2.24, 2.45) is 5.73 Å². The molecule has 0 saturated carbocycles. The van der Waals surface area contributed by atoms with Crippen molar-refractivity contribution in [3.8, 4) is 0 Å². The van der Waals surface area contributed by atoms with Gasteiger partial charge in [0, 0.05) is 31.7 Å². The van der Waals surface area contributed by atoms with Crippen LogP contribution in [-0.2, 0) is 16.9 Å². The lowest BCUT2D eigenvalue weighted by Gasteiger charge is -2.33. The standard InChI is InChI=1S/C15H21N6O2/c1-4-19(10-11-20-8-5-6-18-20)14(23)15(2,3)21-9-7-17-13(21)12(16)22/h5-6,8-9H,4,10-11H2,1-3H3,(H2,16,22). The molecule has 2 N–H and O–H groups in total. The van der Waals surface area contributed by atoms with E-state index in [4.69, 9.17) is 5.73 Å². The average molecular weight is 317 g/mol. The van der Waals surface area contributed by atoms with E-state index >= 15 is 0 Å². The molecule has 0 unspecified atom stereocenters. The van der Waals surface area contributed by atoms with E-state index in [9.17, 15) is 9.59 Å². The summed E-state index contributed by atoms with van der Waals surface area (Å²) in [4.78, 5) is 29.9. The Morgan fingerprint density at radius 1 is 1.43 bits per heavy atom. The molecule has 0 fully saturated rings. The Kier molecular flexibility index (Phi) is 4.83. The van der Waals surface area contributed by atoms with Gasteiger partial charge in [-0.2, -0.15) is 5.10 Å². The van der Waals surface area contributed by atoms with E-state index in [1.807, 2.05) is 19.2 Å². The first-order valence-electron chi connectivity index (χ1n) is 7.40. The third-order valence-electron chi connectivity index (χ3n) is 3.76. The zero-order chi connectivity index (χ0) is 17.0. The number of rotatable bonds is 7. The highest BCUT2D eigenvalue weighted by molar-refractivity contribution is 5.91. The molecule has 0 spiro atoms. The SMILES string of the molecule is CCN(CCn1cccn1)C(=O)C(C)(C)n1c[c]nc1C(N)=O. The molecule has 123 valence electrons. The number of carbonyl (C=O) groups excluding carboxylic acids is 2. The van der Waals surface area contributed by atoms with Gasteiger partial charge in [-0.3, -0.25) is 14.3 Å². The van der Waals surface area contributed by atoms with Crippen LogP contribution in [0.25, 0.3) is 0 Å². The van der Waals surface area contributed by atoms with E-state index in [1.165, 1.54) is 10.8 Å². The monoisotopic (exact) mass is 317 g/mol. The lowest BCUT2D eigenvalue weighted by molar-refractivity contribution is -0.139. The van der Waals surface area contributed by atoms with Gasteiger partial charge in [-0.15, -0.1) is 0 Å². The van der Waals surface area contributed by atoms with Crippen LogP contribution in [0.15, 0.2) is 24.7 Å². The highest BCUT2D eigenvalue weighted by Crippen LogP contribution is 2.20. The second-order valence-corrected chi connectivity index (χ2v) is 5.64. The molecule has 23 heavy (non-hydrogen) atoms. The molecule has 2 rings (SSSR count). The Morgan fingerprint density at radius 3 is 2.74 bits per heavy atom. The van der Waals surface area contributed by atoms with Gasteiger partial charge in [0.1, 0.15) is 11.7 Å². The molecule has 0 aliphatic carbocycles. The maximum atomic E-state index is 12.9. The van der Waals surface area contributed by atoms with Gasteiger partial charge in [0.15, 0.2) is 5.82 Å². The lowest BCUT2D eigenvalue weighted by atomic mass is 10.0. The summed E-state index contributed by atoms with van der Waals surface area (Å²) in [5, 5.41) is 4.13. The van der Waals surface area contributed by atoms with Crippen molar-refractivity contribution in [2.45, 2.75) is 32.9 Å². The number of nitrogens with two attached hydrogens (primary N) is 1. The van der Waals surface area contributed by atoms with Crippen LogP contribution < -0.4 is 5.73 Å². The Labute approximate surface area is 134 Å². The Bertz CT molecular complexity index is 674. The van der Waals surface area contributed by atoms with E-state index in [0.29, 0.717) is 19.6 Å². The van der Waals surface area contributed by atoms with Crippen molar-refractivity contribution in [2.75, 3.05) is 13.1 Å².